The van der Waals surface area contributed by atoms with Crippen molar-refractivity contribution in [2.45, 2.75) is 53.5 Å². The summed E-state index contributed by atoms with van der Waals surface area (Å²) in [6, 6.07) is 0. The first-order chi connectivity index (χ1) is 12.8. The number of hydrogen-bond donors (Lipinski definition) is 2. The molecule has 2 aromatic heterocycles. The van der Waals surface area contributed by atoms with Crippen molar-refractivity contribution < 1.29 is 9.59 Å². The zero-order chi connectivity index (χ0) is 19.3. The van der Waals surface area contributed by atoms with Gasteiger partial charge in [-0.1, -0.05) is 20.8 Å². The van der Waals surface area contributed by atoms with Crippen LogP contribution in [0.2, 0.25) is 0 Å². The van der Waals surface area contributed by atoms with Crippen molar-refractivity contribution in [2.24, 2.45) is 5.41 Å². The molecule has 144 valence electrons. The van der Waals surface area contributed by atoms with Gasteiger partial charge in [-0.05, 0) is 30.9 Å². The summed E-state index contributed by atoms with van der Waals surface area (Å²) < 4.78 is 0. The van der Waals surface area contributed by atoms with E-state index in [9.17, 15) is 9.59 Å². The zero-order valence-corrected chi connectivity index (χ0v) is 17.2. The predicted octanol–water partition coefficient (Wildman–Crippen LogP) is 3.57. The first kappa shape index (κ1) is 18.4. The normalized spacial score (nSPS) is 18.9. The van der Waals surface area contributed by atoms with E-state index >= 15 is 0 Å². The van der Waals surface area contributed by atoms with Gasteiger partial charge in [-0.15, -0.1) is 11.3 Å². The number of H-pyrrole nitrogens is 1. The van der Waals surface area contributed by atoms with Crippen molar-refractivity contribution in [1.82, 2.24) is 14.9 Å². The van der Waals surface area contributed by atoms with E-state index in [-0.39, 0.29) is 17.1 Å². The molecule has 7 heteroatoms. The SMILES string of the molecule is CCN1CCc2nc(NC(=O)c3[nH]c4c(c3C)C(=O)CC(C)(C)C4)sc2C1. The van der Waals surface area contributed by atoms with Crippen LogP contribution in [0.3, 0.4) is 0 Å². The summed E-state index contributed by atoms with van der Waals surface area (Å²) in [7, 11) is 0. The molecule has 2 aromatic rings. The first-order valence-electron chi connectivity index (χ1n) is 9.54. The molecule has 0 saturated heterocycles. The summed E-state index contributed by atoms with van der Waals surface area (Å²) in [6.45, 7) is 11.1. The number of ketones is 1. The molecule has 4 rings (SSSR count). The van der Waals surface area contributed by atoms with Gasteiger partial charge in [0.15, 0.2) is 10.9 Å². The van der Waals surface area contributed by atoms with Crippen molar-refractivity contribution in [2.75, 3.05) is 18.4 Å². The minimum atomic E-state index is -0.217. The Bertz CT molecular complexity index is 925. The number of anilines is 1. The third-order valence-corrected chi connectivity index (χ3v) is 6.60. The maximum Gasteiger partial charge on any atom is 0.274 e. The van der Waals surface area contributed by atoms with Crippen molar-refractivity contribution in [3.8, 4) is 0 Å². The molecule has 0 unspecified atom stereocenters. The second-order valence-corrected chi connectivity index (χ2v) is 9.46. The van der Waals surface area contributed by atoms with Crippen LogP contribution in [-0.2, 0) is 19.4 Å². The van der Waals surface area contributed by atoms with E-state index < -0.39 is 0 Å². The molecule has 0 spiro atoms. The van der Waals surface area contributed by atoms with Crippen molar-refractivity contribution in [3.63, 3.8) is 0 Å². The average Bonchev–Trinajstić information content (AvgIpc) is 3.13. The Morgan fingerprint density at radius 1 is 1.37 bits per heavy atom. The molecule has 0 bridgehead atoms. The Balaban J connectivity index is 1.57. The summed E-state index contributed by atoms with van der Waals surface area (Å²) >= 11 is 1.55. The number of nitrogens with zero attached hydrogens (tertiary/aromatic N) is 2. The van der Waals surface area contributed by atoms with E-state index in [1.54, 1.807) is 11.3 Å². The highest BCUT2D eigenvalue weighted by Gasteiger charge is 2.35. The second-order valence-electron chi connectivity index (χ2n) is 8.38. The number of carbonyl (C=O) groups excluding carboxylic acids is 2. The van der Waals surface area contributed by atoms with Crippen LogP contribution in [0.15, 0.2) is 0 Å². The summed E-state index contributed by atoms with van der Waals surface area (Å²) in [6.07, 6.45) is 2.22. The van der Waals surface area contributed by atoms with Crippen LogP contribution < -0.4 is 5.32 Å². The Hall–Kier alpha value is -1.99. The highest BCUT2D eigenvalue weighted by molar-refractivity contribution is 7.15. The largest absolute Gasteiger partial charge is 0.354 e. The maximum atomic E-state index is 12.9. The molecule has 6 nitrogen and oxygen atoms in total. The topological polar surface area (TPSA) is 78.1 Å². The number of carbonyl (C=O) groups is 2. The van der Waals surface area contributed by atoms with E-state index in [0.29, 0.717) is 22.8 Å². The molecule has 0 aromatic carbocycles. The summed E-state index contributed by atoms with van der Waals surface area (Å²) in [5.74, 6) is -0.0932. The van der Waals surface area contributed by atoms with E-state index in [0.717, 1.165) is 49.4 Å². The van der Waals surface area contributed by atoms with Crippen LogP contribution in [0.4, 0.5) is 5.13 Å². The second kappa shape index (κ2) is 6.56. The molecule has 27 heavy (non-hydrogen) atoms. The Labute approximate surface area is 163 Å². The van der Waals surface area contributed by atoms with Crippen molar-refractivity contribution in [3.05, 3.63) is 33.1 Å². The minimum absolute atomic E-state index is 0.0748. The van der Waals surface area contributed by atoms with Gasteiger partial charge in [0.25, 0.3) is 5.91 Å². The van der Waals surface area contributed by atoms with Crippen LogP contribution in [0.25, 0.3) is 0 Å². The van der Waals surface area contributed by atoms with Crippen molar-refractivity contribution in [1.29, 1.82) is 0 Å². The van der Waals surface area contributed by atoms with E-state index in [1.807, 2.05) is 6.92 Å². The number of aromatic amines is 1. The Kier molecular flexibility index (Phi) is 4.47. The summed E-state index contributed by atoms with van der Waals surface area (Å²) in [5.41, 5.74) is 3.84. The smallest absolute Gasteiger partial charge is 0.274 e. The molecule has 0 radical (unpaired) electrons. The first-order valence-corrected chi connectivity index (χ1v) is 10.4. The Morgan fingerprint density at radius 2 is 2.15 bits per heavy atom. The van der Waals surface area contributed by atoms with Crippen molar-refractivity contribution >= 4 is 28.2 Å². The lowest BCUT2D eigenvalue weighted by molar-refractivity contribution is 0.0910. The van der Waals surface area contributed by atoms with E-state index in [1.165, 1.54) is 4.88 Å². The van der Waals surface area contributed by atoms with Crippen LogP contribution in [0.1, 0.15) is 69.9 Å². The average molecular weight is 387 g/mol. The fourth-order valence-electron chi connectivity index (χ4n) is 4.19. The van der Waals surface area contributed by atoms with Gasteiger partial charge in [0.1, 0.15) is 5.69 Å². The van der Waals surface area contributed by atoms with Gasteiger partial charge in [0.2, 0.25) is 0 Å². The number of likely N-dealkylation sites (N-methyl/N-ethyl adjacent to an activating group) is 1. The third kappa shape index (κ3) is 3.34. The minimum Gasteiger partial charge on any atom is -0.354 e. The fourth-order valence-corrected chi connectivity index (χ4v) is 5.24. The van der Waals surface area contributed by atoms with Gasteiger partial charge in [-0.3, -0.25) is 19.8 Å². The number of aromatic nitrogens is 2. The lowest BCUT2D eigenvalue weighted by atomic mass is 9.75. The van der Waals surface area contributed by atoms with E-state index in [4.69, 9.17) is 0 Å². The molecule has 1 amide bonds. The van der Waals surface area contributed by atoms with Gasteiger partial charge in [0, 0.05) is 42.1 Å². The van der Waals surface area contributed by atoms with Gasteiger partial charge in [0.05, 0.1) is 5.69 Å². The quantitative estimate of drug-likeness (QED) is 0.845. The molecule has 1 aliphatic heterocycles. The number of Topliss-reactive ketones (excluding diaryl/α,β-unsaturated/α-hetero) is 1. The van der Waals surface area contributed by atoms with Gasteiger partial charge >= 0.3 is 0 Å². The molecule has 0 saturated carbocycles. The predicted molar refractivity (Wildman–Crippen MR) is 107 cm³/mol. The molecule has 2 aliphatic rings. The molecule has 0 atom stereocenters. The number of amides is 1. The Morgan fingerprint density at radius 3 is 2.89 bits per heavy atom. The number of hydrogen-bond acceptors (Lipinski definition) is 5. The van der Waals surface area contributed by atoms with Gasteiger partial charge < -0.3 is 4.98 Å². The molecule has 2 N–H and O–H groups in total. The third-order valence-electron chi connectivity index (χ3n) is 5.61. The van der Waals surface area contributed by atoms with Gasteiger partial charge in [-0.2, -0.15) is 0 Å². The maximum absolute atomic E-state index is 12.9. The highest BCUT2D eigenvalue weighted by atomic mass is 32.1. The zero-order valence-electron chi connectivity index (χ0n) is 16.4. The highest BCUT2D eigenvalue weighted by Crippen LogP contribution is 2.37. The fraction of sp³-hybridized carbons (Fsp3) is 0.550. The van der Waals surface area contributed by atoms with Crippen LogP contribution in [0.5, 0.6) is 0 Å². The summed E-state index contributed by atoms with van der Waals surface area (Å²) in [5, 5.41) is 3.58. The van der Waals surface area contributed by atoms with Crippen LogP contribution >= 0.6 is 11.3 Å². The standard InChI is InChI=1S/C20H26N4O2S/c1-5-24-7-6-12-15(10-24)27-19(22-12)23-18(26)17-11(2)16-13(21-17)8-20(3,4)9-14(16)25/h21H,5-10H2,1-4H3,(H,22,23,26). The molecular weight excluding hydrogens is 360 g/mol. The lowest BCUT2D eigenvalue weighted by Crippen LogP contribution is -2.29. The molecule has 3 heterocycles. The van der Waals surface area contributed by atoms with Gasteiger partial charge in [-0.25, -0.2) is 4.98 Å². The number of thiazole rings is 1. The molecular formula is C20H26N4O2S. The van der Waals surface area contributed by atoms with Crippen LogP contribution in [-0.4, -0.2) is 39.6 Å². The molecule has 0 fully saturated rings. The van der Waals surface area contributed by atoms with Crippen LogP contribution in [0, 0.1) is 12.3 Å². The number of fused-ring (bicyclic) bond motifs is 2. The summed E-state index contributed by atoms with van der Waals surface area (Å²) in [4.78, 5) is 36.8. The number of rotatable bonds is 3. The lowest BCUT2D eigenvalue weighted by Gasteiger charge is -2.28. The van der Waals surface area contributed by atoms with E-state index in [2.05, 4.69) is 41.0 Å². The number of nitrogens with one attached hydrogen (secondary N) is 2. The molecule has 1 aliphatic carbocycles. The monoisotopic (exact) mass is 386 g/mol.